The Morgan fingerprint density at radius 2 is 1.06 bits per heavy atom. The third kappa shape index (κ3) is 5.76. The minimum Gasteiger partial charge on any atom is -0.353 e. The first kappa shape index (κ1) is 21.6. The van der Waals surface area contributed by atoms with E-state index in [1.54, 1.807) is 0 Å². The molecule has 0 saturated heterocycles. The molecule has 0 aliphatic rings. The minimum atomic E-state index is -0.603. The SMILES string of the molecule is CN(Nc1ccccc1)C(Cc1ccccc1)(NCc1ccccc1)Nc1ccccc1. The van der Waals surface area contributed by atoms with Crippen LogP contribution < -0.4 is 16.1 Å². The third-order valence-electron chi connectivity index (χ3n) is 5.50. The molecule has 3 N–H and O–H groups in total. The minimum absolute atomic E-state index is 0.603. The first-order chi connectivity index (χ1) is 15.7. The van der Waals surface area contributed by atoms with E-state index in [9.17, 15) is 0 Å². The molecular weight excluding hydrogens is 392 g/mol. The van der Waals surface area contributed by atoms with Gasteiger partial charge in [-0.3, -0.25) is 5.32 Å². The fourth-order valence-electron chi connectivity index (χ4n) is 3.77. The summed E-state index contributed by atoms with van der Waals surface area (Å²) in [5.41, 5.74) is 8.11. The standard InChI is InChI=1S/C28H30N4/c1-32(31-27-20-12-5-13-21-27)28(22-24-14-6-2-7-15-24,30-26-18-10-4-11-19-26)29-23-25-16-8-3-9-17-25/h2-21,29-31H,22-23H2,1H3. The Bertz CT molecular complexity index is 1010. The summed E-state index contributed by atoms with van der Waals surface area (Å²) in [4.78, 5) is 0. The number of hydrogen-bond acceptors (Lipinski definition) is 4. The molecule has 0 heterocycles. The van der Waals surface area contributed by atoms with Crippen LogP contribution in [-0.4, -0.2) is 17.8 Å². The molecule has 4 aromatic carbocycles. The van der Waals surface area contributed by atoms with Crippen molar-refractivity contribution in [1.82, 2.24) is 10.3 Å². The average Bonchev–Trinajstić information content (AvgIpc) is 2.85. The Balaban J connectivity index is 1.69. The molecule has 0 aliphatic heterocycles. The smallest absolute Gasteiger partial charge is 0.167 e. The van der Waals surface area contributed by atoms with E-state index in [1.807, 2.05) is 30.3 Å². The summed E-state index contributed by atoms with van der Waals surface area (Å²) >= 11 is 0. The molecule has 1 atom stereocenters. The van der Waals surface area contributed by atoms with E-state index < -0.39 is 5.79 Å². The van der Waals surface area contributed by atoms with E-state index in [0.717, 1.165) is 17.8 Å². The average molecular weight is 423 g/mol. The number of benzene rings is 4. The van der Waals surface area contributed by atoms with Gasteiger partial charge in [-0.1, -0.05) is 97.1 Å². The predicted octanol–water partition coefficient (Wildman–Crippen LogP) is 5.74. The van der Waals surface area contributed by atoms with E-state index in [0.29, 0.717) is 6.54 Å². The summed E-state index contributed by atoms with van der Waals surface area (Å²) in [6, 6.07) is 41.6. The zero-order valence-electron chi connectivity index (χ0n) is 18.4. The number of para-hydroxylation sites is 2. The van der Waals surface area contributed by atoms with Crippen LogP contribution in [0.2, 0.25) is 0 Å². The van der Waals surface area contributed by atoms with Gasteiger partial charge in [0, 0.05) is 31.4 Å². The van der Waals surface area contributed by atoms with E-state index in [2.05, 4.69) is 119 Å². The molecule has 4 aromatic rings. The van der Waals surface area contributed by atoms with Crippen molar-refractivity contribution in [1.29, 1.82) is 0 Å². The van der Waals surface area contributed by atoms with Gasteiger partial charge in [-0.25, -0.2) is 0 Å². The highest BCUT2D eigenvalue weighted by Gasteiger charge is 2.35. The maximum atomic E-state index is 3.82. The fraction of sp³-hybridized carbons (Fsp3) is 0.143. The second kappa shape index (κ2) is 10.6. The highest BCUT2D eigenvalue weighted by molar-refractivity contribution is 5.47. The third-order valence-corrected chi connectivity index (χ3v) is 5.50. The number of nitrogens with one attached hydrogen (secondary N) is 3. The first-order valence-corrected chi connectivity index (χ1v) is 11.0. The van der Waals surface area contributed by atoms with Crippen molar-refractivity contribution in [2.75, 3.05) is 17.8 Å². The number of nitrogens with zero attached hydrogens (tertiary/aromatic N) is 1. The molecule has 0 fully saturated rings. The van der Waals surface area contributed by atoms with E-state index in [1.165, 1.54) is 11.1 Å². The van der Waals surface area contributed by atoms with Crippen LogP contribution in [0.1, 0.15) is 11.1 Å². The molecule has 0 spiro atoms. The molecule has 0 aliphatic carbocycles. The van der Waals surface area contributed by atoms with Crippen LogP contribution in [0.5, 0.6) is 0 Å². The van der Waals surface area contributed by atoms with E-state index in [4.69, 9.17) is 0 Å². The van der Waals surface area contributed by atoms with Crippen LogP contribution in [0.4, 0.5) is 11.4 Å². The second-order valence-corrected chi connectivity index (χ2v) is 7.89. The van der Waals surface area contributed by atoms with E-state index >= 15 is 0 Å². The lowest BCUT2D eigenvalue weighted by Crippen LogP contribution is -2.65. The highest BCUT2D eigenvalue weighted by atomic mass is 15.6. The Kier molecular flexibility index (Phi) is 7.18. The van der Waals surface area contributed by atoms with Crippen molar-refractivity contribution in [3.63, 3.8) is 0 Å². The number of anilines is 2. The highest BCUT2D eigenvalue weighted by Crippen LogP contribution is 2.23. The van der Waals surface area contributed by atoms with Gasteiger partial charge in [0.25, 0.3) is 0 Å². The monoisotopic (exact) mass is 422 g/mol. The van der Waals surface area contributed by atoms with Crippen LogP contribution >= 0.6 is 0 Å². The second-order valence-electron chi connectivity index (χ2n) is 7.89. The number of likely N-dealkylation sites (N-methyl/N-ethyl adjacent to an activating group) is 1. The van der Waals surface area contributed by atoms with Gasteiger partial charge in [0.1, 0.15) is 0 Å². The van der Waals surface area contributed by atoms with Crippen molar-refractivity contribution in [2.24, 2.45) is 0 Å². The van der Waals surface area contributed by atoms with Gasteiger partial charge in [-0.15, -0.1) is 0 Å². The summed E-state index contributed by atoms with van der Waals surface area (Å²) < 4.78 is 0. The lowest BCUT2D eigenvalue weighted by atomic mass is 10.0. The van der Waals surface area contributed by atoms with E-state index in [-0.39, 0.29) is 0 Å². The molecule has 4 nitrogen and oxygen atoms in total. The zero-order chi connectivity index (χ0) is 22.1. The molecule has 0 bridgehead atoms. The number of hydrazine groups is 1. The molecule has 0 aromatic heterocycles. The fourth-order valence-corrected chi connectivity index (χ4v) is 3.77. The van der Waals surface area contributed by atoms with Gasteiger partial charge < -0.3 is 10.7 Å². The number of hydrogen-bond donors (Lipinski definition) is 3. The van der Waals surface area contributed by atoms with Gasteiger partial charge in [0.05, 0.1) is 0 Å². The first-order valence-electron chi connectivity index (χ1n) is 11.0. The van der Waals surface area contributed by atoms with Crippen molar-refractivity contribution in [3.8, 4) is 0 Å². The normalized spacial score (nSPS) is 12.8. The lowest BCUT2D eigenvalue weighted by molar-refractivity contribution is 0.134. The molecule has 0 saturated carbocycles. The molecular formula is C28H30N4. The number of rotatable bonds is 10. The Morgan fingerprint density at radius 1 is 0.594 bits per heavy atom. The predicted molar refractivity (Wildman–Crippen MR) is 134 cm³/mol. The van der Waals surface area contributed by atoms with Gasteiger partial charge >= 0.3 is 0 Å². The van der Waals surface area contributed by atoms with Gasteiger partial charge in [-0.2, -0.15) is 5.01 Å². The molecule has 0 amide bonds. The molecule has 4 rings (SSSR count). The lowest BCUT2D eigenvalue weighted by Gasteiger charge is -2.44. The van der Waals surface area contributed by atoms with Crippen molar-refractivity contribution < 1.29 is 0 Å². The zero-order valence-corrected chi connectivity index (χ0v) is 18.4. The largest absolute Gasteiger partial charge is 0.353 e. The summed E-state index contributed by atoms with van der Waals surface area (Å²) in [5, 5.41) is 9.73. The van der Waals surface area contributed by atoms with Gasteiger partial charge in [-0.05, 0) is 35.4 Å². The van der Waals surface area contributed by atoms with Crippen molar-refractivity contribution in [3.05, 3.63) is 132 Å². The topological polar surface area (TPSA) is 39.3 Å². The quantitative estimate of drug-likeness (QED) is 0.225. The maximum absolute atomic E-state index is 3.82. The van der Waals surface area contributed by atoms with Gasteiger partial charge in [0.15, 0.2) is 5.79 Å². The van der Waals surface area contributed by atoms with Crippen LogP contribution in [0.3, 0.4) is 0 Å². The summed E-state index contributed by atoms with van der Waals surface area (Å²) in [6.07, 6.45) is 0.742. The van der Waals surface area contributed by atoms with Crippen LogP contribution in [-0.2, 0) is 13.0 Å². The van der Waals surface area contributed by atoms with Crippen molar-refractivity contribution in [2.45, 2.75) is 18.8 Å². The summed E-state index contributed by atoms with van der Waals surface area (Å²) in [7, 11) is 2.07. The molecule has 32 heavy (non-hydrogen) atoms. The van der Waals surface area contributed by atoms with Crippen LogP contribution in [0.25, 0.3) is 0 Å². The van der Waals surface area contributed by atoms with Gasteiger partial charge in [0.2, 0.25) is 0 Å². The summed E-state index contributed by atoms with van der Waals surface area (Å²) in [6.45, 7) is 0.717. The molecule has 4 heteroatoms. The molecule has 1 unspecified atom stereocenters. The van der Waals surface area contributed by atoms with Crippen LogP contribution in [0.15, 0.2) is 121 Å². The molecule has 0 radical (unpaired) electrons. The van der Waals surface area contributed by atoms with Crippen LogP contribution in [0, 0.1) is 0 Å². The Hall–Kier alpha value is -3.60. The summed E-state index contributed by atoms with van der Waals surface area (Å²) in [5.74, 6) is -0.603. The molecule has 162 valence electrons. The Morgan fingerprint density at radius 3 is 1.62 bits per heavy atom. The maximum Gasteiger partial charge on any atom is 0.167 e. The Labute approximate surface area is 190 Å². The van der Waals surface area contributed by atoms with Crippen molar-refractivity contribution >= 4 is 11.4 Å².